The fraction of sp³-hybridized carbons (Fsp3) is 0.150. The molecule has 2 aliphatic rings. The van der Waals surface area contributed by atoms with Gasteiger partial charge < -0.3 is 14.8 Å². The van der Waals surface area contributed by atoms with E-state index in [1.807, 2.05) is 35.1 Å². The van der Waals surface area contributed by atoms with E-state index >= 15 is 0 Å². The molecule has 2 aliphatic heterocycles. The Morgan fingerprint density at radius 3 is 2.79 bits per heavy atom. The molecule has 0 atom stereocenters. The van der Waals surface area contributed by atoms with Crippen molar-refractivity contribution < 1.29 is 9.13 Å². The van der Waals surface area contributed by atoms with Crippen LogP contribution in [0.4, 0.5) is 4.39 Å². The minimum atomic E-state index is -0.237. The van der Waals surface area contributed by atoms with Gasteiger partial charge in [0.2, 0.25) is 0 Å². The first-order valence-corrected chi connectivity index (χ1v) is 9.40. The molecule has 2 N–H and O–H groups in total. The molecule has 0 spiro atoms. The number of pyridine rings is 1. The molecule has 9 heteroatoms. The zero-order valence-corrected chi connectivity index (χ0v) is 17.8. The predicted molar refractivity (Wildman–Crippen MR) is 120 cm³/mol. The Morgan fingerprint density at radius 1 is 1.14 bits per heavy atom. The average Bonchev–Trinajstić information content (AvgIpc) is 3.16. The van der Waals surface area contributed by atoms with E-state index in [0.717, 1.165) is 34.7 Å². The largest absolute Gasteiger partial charge is 0.492 e. The van der Waals surface area contributed by atoms with E-state index in [4.69, 9.17) is 4.74 Å². The molecule has 0 saturated carbocycles. The SMILES string of the molecule is Cl.Cl.Fc1ccc(-c2cncc(CNCCOC3=CC4=CNSN4C=C3)c2)cc1. The van der Waals surface area contributed by atoms with Crippen LogP contribution in [0.25, 0.3) is 11.1 Å². The smallest absolute Gasteiger partial charge is 0.123 e. The van der Waals surface area contributed by atoms with E-state index in [0.29, 0.717) is 13.2 Å². The summed E-state index contributed by atoms with van der Waals surface area (Å²) in [6.45, 7) is 2.00. The molecule has 0 fully saturated rings. The van der Waals surface area contributed by atoms with Gasteiger partial charge in [0.1, 0.15) is 18.2 Å². The van der Waals surface area contributed by atoms with Crippen molar-refractivity contribution in [1.29, 1.82) is 0 Å². The van der Waals surface area contributed by atoms with Crippen LogP contribution in [0.1, 0.15) is 5.56 Å². The van der Waals surface area contributed by atoms with Gasteiger partial charge in [0.05, 0.1) is 17.8 Å². The van der Waals surface area contributed by atoms with Crippen LogP contribution in [0.3, 0.4) is 0 Å². The van der Waals surface area contributed by atoms with E-state index in [9.17, 15) is 4.39 Å². The lowest BCUT2D eigenvalue weighted by Gasteiger charge is -2.17. The zero-order valence-electron chi connectivity index (χ0n) is 15.4. The molecule has 0 unspecified atom stereocenters. The van der Waals surface area contributed by atoms with Crippen LogP contribution in [0.15, 0.2) is 78.7 Å². The van der Waals surface area contributed by atoms with Gasteiger partial charge in [0.15, 0.2) is 0 Å². The number of hydrogen-bond donors (Lipinski definition) is 2. The lowest BCUT2D eigenvalue weighted by molar-refractivity contribution is 0.222. The molecule has 2 aromatic rings. The van der Waals surface area contributed by atoms with Gasteiger partial charge in [0.25, 0.3) is 0 Å². The molecule has 154 valence electrons. The zero-order chi connectivity index (χ0) is 18.5. The Labute approximate surface area is 186 Å². The van der Waals surface area contributed by atoms with Crippen molar-refractivity contribution in [1.82, 2.24) is 19.3 Å². The Kier molecular flexibility index (Phi) is 8.85. The topological polar surface area (TPSA) is 49.4 Å². The van der Waals surface area contributed by atoms with Gasteiger partial charge in [-0.25, -0.2) is 4.39 Å². The molecule has 29 heavy (non-hydrogen) atoms. The fourth-order valence-electron chi connectivity index (χ4n) is 2.76. The second-order valence-corrected chi connectivity index (χ2v) is 6.89. The third-order valence-electron chi connectivity index (χ3n) is 4.13. The summed E-state index contributed by atoms with van der Waals surface area (Å²) < 4.78 is 24.0. The molecule has 0 bridgehead atoms. The Morgan fingerprint density at radius 2 is 1.97 bits per heavy atom. The van der Waals surface area contributed by atoms with E-state index in [1.165, 1.54) is 24.3 Å². The van der Waals surface area contributed by atoms with Crippen molar-refractivity contribution >= 4 is 36.9 Å². The third kappa shape index (κ3) is 6.14. The number of rotatable bonds is 7. The lowest BCUT2D eigenvalue weighted by atomic mass is 10.1. The van der Waals surface area contributed by atoms with Gasteiger partial charge in [0, 0.05) is 49.5 Å². The van der Waals surface area contributed by atoms with Crippen molar-refractivity contribution in [2.24, 2.45) is 0 Å². The molecule has 1 aromatic heterocycles. The normalized spacial score (nSPS) is 14.0. The summed E-state index contributed by atoms with van der Waals surface area (Å²) in [4.78, 5) is 4.28. The average molecular weight is 455 g/mol. The van der Waals surface area contributed by atoms with Crippen LogP contribution in [0.2, 0.25) is 0 Å². The van der Waals surface area contributed by atoms with Crippen molar-refractivity contribution in [2.45, 2.75) is 6.54 Å². The van der Waals surface area contributed by atoms with Crippen LogP contribution in [0, 0.1) is 5.82 Å². The second-order valence-electron chi connectivity index (χ2n) is 6.08. The number of fused-ring (bicyclic) bond motifs is 1. The summed E-state index contributed by atoms with van der Waals surface area (Å²) in [5.74, 6) is 0.614. The Bertz CT molecular complexity index is 906. The molecular formula is C20H21Cl2FN4OS. The quantitative estimate of drug-likeness (QED) is 0.472. The number of allylic oxidation sites excluding steroid dienone is 2. The van der Waals surface area contributed by atoms with Crippen LogP contribution in [0.5, 0.6) is 0 Å². The first kappa shape index (κ1) is 23.1. The van der Waals surface area contributed by atoms with Gasteiger partial charge >= 0.3 is 0 Å². The number of halogens is 3. The van der Waals surface area contributed by atoms with Crippen LogP contribution in [-0.2, 0) is 11.3 Å². The highest BCUT2D eigenvalue weighted by atomic mass is 35.5. The summed E-state index contributed by atoms with van der Waals surface area (Å²) in [7, 11) is 0. The van der Waals surface area contributed by atoms with E-state index in [-0.39, 0.29) is 30.6 Å². The number of benzene rings is 1. The Balaban J connectivity index is 0.00000150. The van der Waals surface area contributed by atoms with Gasteiger partial charge in [-0.2, -0.15) is 0 Å². The Hall–Kier alpha value is -2.19. The maximum Gasteiger partial charge on any atom is 0.123 e. The summed E-state index contributed by atoms with van der Waals surface area (Å²) >= 11 is 1.53. The molecule has 5 nitrogen and oxygen atoms in total. The summed E-state index contributed by atoms with van der Waals surface area (Å²) in [6, 6.07) is 8.50. The highest BCUT2D eigenvalue weighted by molar-refractivity contribution is 7.95. The first-order valence-electron chi connectivity index (χ1n) is 8.63. The highest BCUT2D eigenvalue weighted by Gasteiger charge is 2.16. The van der Waals surface area contributed by atoms with Crippen molar-refractivity contribution in [3.63, 3.8) is 0 Å². The number of aromatic nitrogens is 1. The number of ether oxygens (including phenoxy) is 1. The number of nitrogens with zero attached hydrogens (tertiary/aromatic N) is 2. The summed E-state index contributed by atoms with van der Waals surface area (Å²) in [6.07, 6.45) is 11.5. The van der Waals surface area contributed by atoms with Gasteiger partial charge in [-0.15, -0.1) is 24.8 Å². The second kappa shape index (κ2) is 11.1. The van der Waals surface area contributed by atoms with E-state index in [1.54, 1.807) is 18.3 Å². The molecule has 4 rings (SSSR count). The van der Waals surface area contributed by atoms with Crippen molar-refractivity contribution in [2.75, 3.05) is 13.2 Å². The fourth-order valence-corrected chi connectivity index (χ4v) is 3.38. The van der Waals surface area contributed by atoms with E-state index < -0.39 is 0 Å². The molecule has 0 radical (unpaired) electrons. The molecule has 0 aliphatic carbocycles. The summed E-state index contributed by atoms with van der Waals surface area (Å²) in [5, 5.41) is 3.36. The number of nitrogens with one attached hydrogen (secondary N) is 2. The molecule has 1 aromatic carbocycles. The predicted octanol–water partition coefficient (Wildman–Crippen LogP) is 4.56. The van der Waals surface area contributed by atoms with Crippen LogP contribution >= 0.6 is 36.9 Å². The van der Waals surface area contributed by atoms with Crippen LogP contribution < -0.4 is 10.0 Å². The van der Waals surface area contributed by atoms with Gasteiger partial charge in [-0.05, 0) is 35.4 Å². The number of hydrogen-bond acceptors (Lipinski definition) is 6. The maximum absolute atomic E-state index is 13.1. The minimum Gasteiger partial charge on any atom is -0.492 e. The van der Waals surface area contributed by atoms with E-state index in [2.05, 4.69) is 21.1 Å². The lowest BCUT2D eigenvalue weighted by Crippen LogP contribution is -2.19. The van der Waals surface area contributed by atoms with Gasteiger partial charge in [-0.3, -0.25) is 9.29 Å². The van der Waals surface area contributed by atoms with Gasteiger partial charge in [-0.1, -0.05) is 12.1 Å². The minimum absolute atomic E-state index is 0. The monoisotopic (exact) mass is 454 g/mol. The highest BCUT2D eigenvalue weighted by Crippen LogP contribution is 2.27. The first-order chi connectivity index (χ1) is 13.3. The molecule has 0 amide bonds. The molecule has 3 heterocycles. The molecular weight excluding hydrogens is 434 g/mol. The summed E-state index contributed by atoms with van der Waals surface area (Å²) in [5.41, 5.74) is 4.08. The third-order valence-corrected chi connectivity index (χ3v) is 4.88. The maximum atomic E-state index is 13.1. The van der Waals surface area contributed by atoms with Crippen molar-refractivity contribution in [3.8, 4) is 11.1 Å². The van der Waals surface area contributed by atoms with Crippen LogP contribution in [-0.4, -0.2) is 22.4 Å². The molecule has 0 saturated heterocycles. The standard InChI is InChI=1S/C20H19FN4OS.2ClH/c21-18-3-1-16(2-4-18)17-9-15(12-23-13-17)11-22-6-8-26-20-5-7-25-19(10-20)14-24-27-25;;/h1-5,7,9-10,12-14,22,24H,6,8,11H2;2*1H. The van der Waals surface area contributed by atoms with Crippen molar-refractivity contribution in [3.05, 3.63) is 90.1 Å².